The lowest BCUT2D eigenvalue weighted by molar-refractivity contribution is -0.129. The molecule has 8 heteroatoms. The molecule has 0 radical (unpaired) electrons. The van der Waals surface area contributed by atoms with E-state index < -0.39 is 0 Å². The summed E-state index contributed by atoms with van der Waals surface area (Å²) >= 11 is 1.36. The molecule has 0 saturated heterocycles. The lowest BCUT2D eigenvalue weighted by Crippen LogP contribution is -2.36. The lowest BCUT2D eigenvalue weighted by Gasteiger charge is -2.22. The summed E-state index contributed by atoms with van der Waals surface area (Å²) in [4.78, 5) is 28.2. The molecule has 0 fully saturated rings. The molecule has 4 rings (SSSR count). The van der Waals surface area contributed by atoms with Crippen molar-refractivity contribution in [2.24, 2.45) is 0 Å². The van der Waals surface area contributed by atoms with Crippen molar-refractivity contribution in [1.29, 1.82) is 0 Å². The minimum Gasteiger partial charge on any atom is -0.342 e. The molecule has 32 heavy (non-hydrogen) atoms. The second kappa shape index (κ2) is 8.78. The van der Waals surface area contributed by atoms with Gasteiger partial charge in [0.25, 0.3) is 5.56 Å². The minimum absolute atomic E-state index is 0.0592. The zero-order valence-electron chi connectivity index (χ0n) is 19.0. The van der Waals surface area contributed by atoms with Gasteiger partial charge in [-0.3, -0.25) is 14.0 Å². The Bertz CT molecular complexity index is 1370. The van der Waals surface area contributed by atoms with E-state index >= 15 is 0 Å². The first-order valence-electron chi connectivity index (χ1n) is 10.8. The molecule has 0 N–H and O–H groups in total. The first kappa shape index (κ1) is 22.1. The van der Waals surface area contributed by atoms with E-state index in [1.165, 1.54) is 11.8 Å². The maximum absolute atomic E-state index is 13.5. The molecule has 0 aliphatic carbocycles. The van der Waals surface area contributed by atoms with Crippen molar-refractivity contribution < 1.29 is 4.79 Å². The van der Waals surface area contributed by atoms with Crippen LogP contribution in [0.25, 0.3) is 22.4 Å². The number of aryl methyl sites for hydroxylation is 1. The third-order valence-electron chi connectivity index (χ3n) is 5.92. The molecule has 0 saturated carbocycles. The highest BCUT2D eigenvalue weighted by Crippen LogP contribution is 2.28. The molecule has 2 heterocycles. The smallest absolute Gasteiger partial charge is 0.267 e. The molecule has 0 spiro atoms. The Labute approximate surface area is 191 Å². The van der Waals surface area contributed by atoms with Gasteiger partial charge in [0.15, 0.2) is 5.16 Å². The molecule has 0 aliphatic heterocycles. The van der Waals surface area contributed by atoms with Crippen LogP contribution in [-0.4, -0.2) is 48.3 Å². The maximum Gasteiger partial charge on any atom is 0.267 e. The van der Waals surface area contributed by atoms with Crippen LogP contribution >= 0.6 is 11.8 Å². The van der Waals surface area contributed by atoms with Crippen LogP contribution in [0.2, 0.25) is 0 Å². The van der Waals surface area contributed by atoms with Crippen molar-refractivity contribution in [3.05, 3.63) is 63.9 Å². The second-order valence-electron chi connectivity index (χ2n) is 7.77. The molecule has 4 aromatic rings. The molecule has 1 amide bonds. The Morgan fingerprint density at radius 2 is 1.78 bits per heavy atom. The third-order valence-corrected chi connectivity index (χ3v) is 6.95. The number of carbonyl (C=O) groups is 1. The highest BCUT2D eigenvalue weighted by atomic mass is 32.2. The molecule has 2 aromatic carbocycles. The maximum atomic E-state index is 13.5. The van der Waals surface area contributed by atoms with E-state index in [1.54, 1.807) is 4.57 Å². The van der Waals surface area contributed by atoms with Gasteiger partial charge in [0.1, 0.15) is 0 Å². The van der Waals surface area contributed by atoms with Crippen LogP contribution in [0.5, 0.6) is 0 Å². The lowest BCUT2D eigenvalue weighted by atomic mass is 10.1. The van der Waals surface area contributed by atoms with Crippen molar-refractivity contribution in [2.45, 2.75) is 45.0 Å². The number of thioether (sulfide) groups is 1. The second-order valence-corrected chi connectivity index (χ2v) is 9.07. The van der Waals surface area contributed by atoms with E-state index in [9.17, 15) is 9.59 Å². The summed E-state index contributed by atoms with van der Waals surface area (Å²) in [5, 5.41) is 9.64. The van der Waals surface area contributed by atoms with E-state index in [-0.39, 0.29) is 16.7 Å². The molecule has 7 nitrogen and oxygen atoms in total. The van der Waals surface area contributed by atoms with E-state index in [0.29, 0.717) is 29.4 Å². The van der Waals surface area contributed by atoms with Crippen LogP contribution in [0.15, 0.2) is 52.4 Å². The predicted molar refractivity (Wildman–Crippen MR) is 129 cm³/mol. The average molecular weight is 450 g/mol. The number of hydrogen-bond acceptors (Lipinski definition) is 5. The zero-order valence-corrected chi connectivity index (χ0v) is 19.8. The summed E-state index contributed by atoms with van der Waals surface area (Å²) < 4.78 is 3.51. The number of hydrogen-bond donors (Lipinski definition) is 0. The largest absolute Gasteiger partial charge is 0.342 e. The first-order valence-corrected chi connectivity index (χ1v) is 11.7. The summed E-state index contributed by atoms with van der Waals surface area (Å²) in [5.41, 5.74) is 3.46. The fraction of sp³-hybridized carbons (Fsp3) is 0.333. The van der Waals surface area contributed by atoms with E-state index in [4.69, 9.17) is 0 Å². The van der Waals surface area contributed by atoms with Gasteiger partial charge in [-0.25, -0.2) is 4.57 Å². The fourth-order valence-corrected chi connectivity index (χ4v) is 4.89. The third kappa shape index (κ3) is 3.58. The number of amides is 1. The standard InChI is InChI=1S/C24H27N5O2S/c1-6-27(7-2)21(30)17(5)32-24-26-25-23-28(19-14-10-11-15(3)16(19)4)22(31)18-12-8-9-13-20(18)29(23)24/h8-14,17H,6-7H2,1-5H3. The summed E-state index contributed by atoms with van der Waals surface area (Å²) in [6.07, 6.45) is 0. The summed E-state index contributed by atoms with van der Waals surface area (Å²) in [5.74, 6) is 0.497. The van der Waals surface area contributed by atoms with Gasteiger partial charge in [-0.1, -0.05) is 36.0 Å². The van der Waals surface area contributed by atoms with Crippen molar-refractivity contribution in [1.82, 2.24) is 24.1 Å². The number of rotatable bonds is 6. The monoisotopic (exact) mass is 449 g/mol. The van der Waals surface area contributed by atoms with Gasteiger partial charge in [-0.05, 0) is 63.9 Å². The number of nitrogens with zero attached hydrogens (tertiary/aromatic N) is 5. The predicted octanol–water partition coefficient (Wildman–Crippen LogP) is 4.00. The molecule has 2 aromatic heterocycles. The first-order chi connectivity index (χ1) is 15.4. The molecule has 0 bridgehead atoms. The average Bonchev–Trinajstić information content (AvgIpc) is 3.20. The van der Waals surface area contributed by atoms with Crippen LogP contribution < -0.4 is 5.56 Å². The van der Waals surface area contributed by atoms with Crippen LogP contribution in [0.1, 0.15) is 31.9 Å². The number of fused-ring (bicyclic) bond motifs is 3. The topological polar surface area (TPSA) is 72.5 Å². The molecule has 166 valence electrons. The molecule has 0 aliphatic rings. The van der Waals surface area contributed by atoms with Gasteiger partial charge in [-0.2, -0.15) is 0 Å². The van der Waals surface area contributed by atoms with Gasteiger partial charge in [0.05, 0.1) is 21.8 Å². The Balaban J connectivity index is 1.96. The Morgan fingerprint density at radius 1 is 1.06 bits per heavy atom. The number of para-hydroxylation sites is 1. The summed E-state index contributed by atoms with van der Waals surface area (Å²) in [6.45, 7) is 11.2. The van der Waals surface area contributed by atoms with Gasteiger partial charge in [-0.15, -0.1) is 10.2 Å². The van der Waals surface area contributed by atoms with E-state index in [0.717, 1.165) is 22.3 Å². The van der Waals surface area contributed by atoms with Crippen molar-refractivity contribution >= 4 is 34.3 Å². The molecule has 1 atom stereocenters. The van der Waals surface area contributed by atoms with Gasteiger partial charge in [0, 0.05) is 13.1 Å². The van der Waals surface area contributed by atoms with Crippen LogP contribution in [0.3, 0.4) is 0 Å². The van der Waals surface area contributed by atoms with E-state index in [2.05, 4.69) is 10.2 Å². The van der Waals surface area contributed by atoms with Crippen LogP contribution in [0.4, 0.5) is 0 Å². The van der Waals surface area contributed by atoms with Crippen LogP contribution in [-0.2, 0) is 4.79 Å². The Morgan fingerprint density at radius 3 is 2.50 bits per heavy atom. The number of benzene rings is 2. The van der Waals surface area contributed by atoms with Gasteiger partial charge < -0.3 is 4.90 Å². The highest BCUT2D eigenvalue weighted by Gasteiger charge is 2.24. The summed E-state index contributed by atoms with van der Waals surface area (Å²) in [6, 6.07) is 13.3. The van der Waals surface area contributed by atoms with Crippen molar-refractivity contribution in [3.8, 4) is 5.69 Å². The highest BCUT2D eigenvalue weighted by molar-refractivity contribution is 8.00. The minimum atomic E-state index is -0.331. The van der Waals surface area contributed by atoms with Crippen LogP contribution in [0, 0.1) is 13.8 Å². The van der Waals surface area contributed by atoms with Gasteiger partial charge >= 0.3 is 0 Å². The molecular weight excluding hydrogens is 422 g/mol. The van der Waals surface area contributed by atoms with Crippen molar-refractivity contribution in [2.75, 3.05) is 13.1 Å². The van der Waals surface area contributed by atoms with Gasteiger partial charge in [0.2, 0.25) is 11.7 Å². The number of aromatic nitrogens is 4. The molecule has 1 unspecified atom stereocenters. The van der Waals surface area contributed by atoms with Crippen molar-refractivity contribution in [3.63, 3.8) is 0 Å². The fourth-order valence-electron chi connectivity index (χ4n) is 3.95. The quantitative estimate of drug-likeness (QED) is 0.416. The normalized spacial score (nSPS) is 12.4. The SMILES string of the molecule is CCN(CC)C(=O)C(C)Sc1nnc2n(-c3cccc(C)c3C)c(=O)c3ccccc3n12. The molecular formula is C24H27N5O2S. The van der Waals surface area contributed by atoms with E-state index in [1.807, 2.05) is 86.4 Å². The Kier molecular flexibility index (Phi) is 6.06. The zero-order chi connectivity index (χ0) is 23.0. The number of carbonyl (C=O) groups excluding carboxylic acids is 1. The summed E-state index contributed by atoms with van der Waals surface area (Å²) in [7, 11) is 0. The Hall–Kier alpha value is -3.13.